The van der Waals surface area contributed by atoms with Crippen molar-refractivity contribution in [2.75, 3.05) is 11.9 Å². The second-order valence-electron chi connectivity index (χ2n) is 8.92. The fourth-order valence-corrected chi connectivity index (χ4v) is 5.01. The van der Waals surface area contributed by atoms with E-state index in [-0.39, 0.29) is 23.5 Å². The highest BCUT2D eigenvalue weighted by Crippen LogP contribution is 2.37. The number of rotatable bonds is 4. The van der Waals surface area contributed by atoms with Crippen molar-refractivity contribution in [3.8, 4) is 0 Å². The number of para-hydroxylation sites is 1. The standard InChI is InChI=1S/C25H23ClF3N5O/c1-34(21-12-22(25(27,28)29)32-20-10-5-15(26)11-19(20)21)17-8-6-16(7-9-17)31-24(35)18-4-2-3-14-13-30-33-23(14)18/h2-5,10-13,16-17H,6-9H2,1H3,(H,30,33)(H,31,35)/t16-,17+. The van der Waals surface area contributed by atoms with E-state index in [1.54, 1.807) is 31.4 Å². The predicted octanol–water partition coefficient (Wildman–Crippen LogP) is 5.96. The van der Waals surface area contributed by atoms with Crippen molar-refractivity contribution in [3.63, 3.8) is 0 Å². The highest BCUT2D eigenvalue weighted by Gasteiger charge is 2.35. The van der Waals surface area contributed by atoms with Crippen LogP contribution in [0.15, 0.2) is 48.7 Å². The average molecular weight is 502 g/mol. The van der Waals surface area contributed by atoms with Gasteiger partial charge in [0.05, 0.1) is 22.8 Å². The minimum absolute atomic E-state index is 0.0142. The van der Waals surface area contributed by atoms with Gasteiger partial charge in [-0.15, -0.1) is 0 Å². The Hall–Kier alpha value is -3.33. The molecule has 0 unspecified atom stereocenters. The first-order chi connectivity index (χ1) is 16.7. The summed E-state index contributed by atoms with van der Waals surface area (Å²) in [5.74, 6) is -0.166. The molecule has 1 amide bonds. The number of hydrogen-bond donors (Lipinski definition) is 2. The number of nitrogens with one attached hydrogen (secondary N) is 2. The van der Waals surface area contributed by atoms with Crippen LogP contribution in [0.2, 0.25) is 5.02 Å². The zero-order valence-corrected chi connectivity index (χ0v) is 19.6. The van der Waals surface area contributed by atoms with E-state index in [0.29, 0.717) is 27.2 Å². The van der Waals surface area contributed by atoms with Crippen molar-refractivity contribution >= 4 is 45.0 Å². The van der Waals surface area contributed by atoms with E-state index < -0.39 is 11.9 Å². The maximum Gasteiger partial charge on any atom is 0.433 e. The van der Waals surface area contributed by atoms with Crippen LogP contribution in [0.25, 0.3) is 21.8 Å². The molecule has 2 N–H and O–H groups in total. The number of fused-ring (bicyclic) bond motifs is 2. The van der Waals surface area contributed by atoms with Crippen molar-refractivity contribution in [1.82, 2.24) is 20.5 Å². The maximum atomic E-state index is 13.5. The van der Waals surface area contributed by atoms with Gasteiger partial charge in [0.25, 0.3) is 5.91 Å². The maximum absolute atomic E-state index is 13.5. The summed E-state index contributed by atoms with van der Waals surface area (Å²) in [5.41, 5.74) is 1.01. The van der Waals surface area contributed by atoms with Crippen molar-refractivity contribution in [1.29, 1.82) is 0 Å². The first-order valence-corrected chi connectivity index (χ1v) is 11.7. The van der Waals surface area contributed by atoms with Gasteiger partial charge in [0.15, 0.2) is 0 Å². The highest BCUT2D eigenvalue weighted by molar-refractivity contribution is 6.31. The van der Waals surface area contributed by atoms with Crippen LogP contribution < -0.4 is 10.2 Å². The van der Waals surface area contributed by atoms with Crippen molar-refractivity contribution in [2.45, 2.75) is 43.9 Å². The molecule has 1 aliphatic rings. The number of nitrogens with zero attached hydrogens (tertiary/aromatic N) is 3. The van der Waals surface area contributed by atoms with Gasteiger partial charge in [-0.25, -0.2) is 4.98 Å². The molecule has 1 fully saturated rings. The molecule has 4 aromatic rings. The third-order valence-corrected chi connectivity index (χ3v) is 6.96. The summed E-state index contributed by atoms with van der Waals surface area (Å²) < 4.78 is 40.6. The van der Waals surface area contributed by atoms with Crippen LogP contribution in [0.1, 0.15) is 41.7 Å². The molecule has 6 nitrogen and oxygen atoms in total. The third kappa shape index (κ3) is 4.65. The van der Waals surface area contributed by atoms with Gasteiger partial charge in [-0.05, 0) is 56.0 Å². The number of pyridine rings is 1. The lowest BCUT2D eigenvalue weighted by molar-refractivity contribution is -0.140. The number of halogens is 4. The fraction of sp³-hybridized carbons (Fsp3) is 0.320. The summed E-state index contributed by atoms with van der Waals surface area (Å²) in [4.78, 5) is 18.6. The number of anilines is 1. The molecule has 1 aliphatic carbocycles. The number of alkyl halides is 3. The molecule has 2 aromatic carbocycles. The molecule has 0 aliphatic heterocycles. The largest absolute Gasteiger partial charge is 0.433 e. The summed E-state index contributed by atoms with van der Waals surface area (Å²) in [6.45, 7) is 0. The highest BCUT2D eigenvalue weighted by atomic mass is 35.5. The van der Waals surface area contributed by atoms with Crippen LogP contribution in [-0.2, 0) is 6.18 Å². The molecule has 0 saturated heterocycles. The molecule has 1 saturated carbocycles. The summed E-state index contributed by atoms with van der Waals surface area (Å²) >= 11 is 6.14. The van der Waals surface area contributed by atoms with Gasteiger partial charge >= 0.3 is 6.18 Å². The Morgan fingerprint density at radius 2 is 1.91 bits per heavy atom. The van der Waals surface area contributed by atoms with Gasteiger partial charge in [0.1, 0.15) is 5.69 Å². The SMILES string of the molecule is CN(c1cc(C(F)(F)F)nc2ccc(Cl)cc12)[C@H]1CC[C@@H](NC(=O)c2cccc3cn[nH]c23)CC1. The number of aromatic amines is 1. The Balaban J connectivity index is 1.32. The fourth-order valence-electron chi connectivity index (χ4n) is 4.84. The number of hydrogen-bond acceptors (Lipinski definition) is 4. The van der Waals surface area contributed by atoms with Crippen LogP contribution in [0.3, 0.4) is 0 Å². The van der Waals surface area contributed by atoms with Crippen LogP contribution >= 0.6 is 11.6 Å². The van der Waals surface area contributed by atoms with Gasteiger partial charge in [0, 0.05) is 40.6 Å². The molecular formula is C25H23ClF3N5O. The molecule has 2 aromatic heterocycles. The van der Waals surface area contributed by atoms with Gasteiger partial charge < -0.3 is 10.2 Å². The predicted molar refractivity (Wildman–Crippen MR) is 130 cm³/mol. The molecule has 2 heterocycles. The molecule has 5 rings (SSSR count). The average Bonchev–Trinajstić information content (AvgIpc) is 3.32. The van der Waals surface area contributed by atoms with Crippen LogP contribution in [0.4, 0.5) is 18.9 Å². The van der Waals surface area contributed by atoms with Crippen molar-refractivity contribution in [3.05, 3.63) is 64.9 Å². The topological polar surface area (TPSA) is 73.9 Å². The Morgan fingerprint density at radius 3 is 2.66 bits per heavy atom. The number of amides is 1. The first kappa shape index (κ1) is 23.4. The summed E-state index contributed by atoms with van der Waals surface area (Å²) in [6, 6.07) is 11.3. The smallest absolute Gasteiger partial charge is 0.371 e. The monoisotopic (exact) mass is 501 g/mol. The molecule has 0 spiro atoms. The van der Waals surface area contributed by atoms with E-state index in [9.17, 15) is 18.0 Å². The summed E-state index contributed by atoms with van der Waals surface area (Å²) in [7, 11) is 1.80. The second kappa shape index (κ2) is 9.03. The van der Waals surface area contributed by atoms with Crippen molar-refractivity contribution in [2.24, 2.45) is 0 Å². The lowest BCUT2D eigenvalue weighted by Crippen LogP contribution is -2.43. The first-order valence-electron chi connectivity index (χ1n) is 11.3. The third-order valence-electron chi connectivity index (χ3n) is 6.72. The lowest BCUT2D eigenvalue weighted by atomic mass is 9.89. The number of aromatic nitrogens is 3. The minimum atomic E-state index is -4.55. The second-order valence-corrected chi connectivity index (χ2v) is 9.35. The number of benzene rings is 2. The van der Waals surface area contributed by atoms with E-state index in [4.69, 9.17) is 11.6 Å². The van der Waals surface area contributed by atoms with E-state index in [1.807, 2.05) is 17.0 Å². The van der Waals surface area contributed by atoms with Gasteiger partial charge in [-0.2, -0.15) is 18.3 Å². The molecule has 0 atom stereocenters. The van der Waals surface area contributed by atoms with Crippen LogP contribution in [0.5, 0.6) is 0 Å². The Labute approximate surface area is 204 Å². The zero-order chi connectivity index (χ0) is 24.7. The number of carbonyl (C=O) groups excluding carboxylic acids is 1. The van der Waals surface area contributed by atoms with E-state index in [2.05, 4.69) is 20.5 Å². The quantitative estimate of drug-likeness (QED) is 0.362. The van der Waals surface area contributed by atoms with Crippen LogP contribution in [-0.4, -0.2) is 40.2 Å². The van der Waals surface area contributed by atoms with Crippen LogP contribution in [0, 0.1) is 0 Å². The number of carbonyl (C=O) groups is 1. The lowest BCUT2D eigenvalue weighted by Gasteiger charge is -2.37. The zero-order valence-electron chi connectivity index (χ0n) is 18.9. The summed E-state index contributed by atoms with van der Waals surface area (Å²) in [5, 5.41) is 11.9. The normalized spacial score (nSPS) is 18.7. The Morgan fingerprint density at radius 1 is 1.14 bits per heavy atom. The van der Waals surface area contributed by atoms with Gasteiger partial charge in [-0.3, -0.25) is 9.89 Å². The molecule has 0 radical (unpaired) electrons. The molecule has 35 heavy (non-hydrogen) atoms. The molecular weight excluding hydrogens is 479 g/mol. The molecule has 10 heteroatoms. The van der Waals surface area contributed by atoms with Gasteiger partial charge in [-0.1, -0.05) is 23.7 Å². The minimum Gasteiger partial charge on any atom is -0.371 e. The molecule has 0 bridgehead atoms. The van der Waals surface area contributed by atoms with E-state index in [0.717, 1.165) is 37.1 Å². The summed E-state index contributed by atoms with van der Waals surface area (Å²) in [6.07, 6.45) is 0.00425. The van der Waals surface area contributed by atoms with Crippen molar-refractivity contribution < 1.29 is 18.0 Å². The Kier molecular flexibility index (Phi) is 6.04. The van der Waals surface area contributed by atoms with E-state index in [1.165, 1.54) is 6.07 Å². The molecule has 182 valence electrons. The van der Waals surface area contributed by atoms with Gasteiger partial charge in [0.2, 0.25) is 0 Å². The number of H-pyrrole nitrogens is 1. The van der Waals surface area contributed by atoms with E-state index >= 15 is 0 Å². The Bertz CT molecular complexity index is 1400.